The van der Waals surface area contributed by atoms with E-state index in [9.17, 15) is 0 Å². The van der Waals surface area contributed by atoms with E-state index in [4.69, 9.17) is 9.47 Å². The Bertz CT molecular complexity index is 337. The van der Waals surface area contributed by atoms with E-state index in [2.05, 4.69) is 25.7 Å². The maximum absolute atomic E-state index is 6.05. The quantitative estimate of drug-likeness (QED) is 0.116. The lowest BCUT2D eigenvalue weighted by molar-refractivity contribution is 0.0886. The van der Waals surface area contributed by atoms with Crippen LogP contribution in [0.15, 0.2) is 0 Å². The SMILES string of the molecule is CCCCCCC(CCC)COCCCCCCCN(CCC)CCCCCCCOC. The zero-order chi connectivity index (χ0) is 23.5. The molecule has 0 aromatic carbocycles. The predicted molar refractivity (Wildman–Crippen MR) is 143 cm³/mol. The van der Waals surface area contributed by atoms with Crippen LogP contribution in [0.3, 0.4) is 0 Å². The summed E-state index contributed by atoms with van der Waals surface area (Å²) in [5.74, 6) is 0.798. The van der Waals surface area contributed by atoms with Crippen LogP contribution >= 0.6 is 0 Å². The summed E-state index contributed by atoms with van der Waals surface area (Å²) < 4.78 is 11.2. The number of ether oxygens (including phenoxy) is 2. The third-order valence-corrected chi connectivity index (χ3v) is 6.64. The Morgan fingerprint density at radius 2 is 1.12 bits per heavy atom. The number of hydrogen-bond acceptors (Lipinski definition) is 3. The Balaban J connectivity index is 3.60. The smallest absolute Gasteiger partial charge is 0.0494 e. The Morgan fingerprint density at radius 1 is 0.531 bits per heavy atom. The van der Waals surface area contributed by atoms with E-state index in [-0.39, 0.29) is 0 Å². The van der Waals surface area contributed by atoms with Crippen molar-refractivity contribution in [2.75, 3.05) is 46.6 Å². The lowest BCUT2D eigenvalue weighted by atomic mass is 9.97. The van der Waals surface area contributed by atoms with Gasteiger partial charge in [0.25, 0.3) is 0 Å². The van der Waals surface area contributed by atoms with Gasteiger partial charge in [0.05, 0.1) is 0 Å². The monoisotopic (exact) mass is 455 g/mol. The number of hydrogen-bond donors (Lipinski definition) is 0. The highest BCUT2D eigenvalue weighted by Crippen LogP contribution is 2.17. The highest BCUT2D eigenvalue weighted by molar-refractivity contribution is 4.60. The highest BCUT2D eigenvalue weighted by Gasteiger charge is 2.08. The van der Waals surface area contributed by atoms with Crippen LogP contribution in [-0.2, 0) is 9.47 Å². The summed E-state index contributed by atoms with van der Waals surface area (Å²) in [6, 6.07) is 0. The summed E-state index contributed by atoms with van der Waals surface area (Å²) in [4.78, 5) is 2.70. The molecule has 3 heteroatoms. The molecule has 194 valence electrons. The van der Waals surface area contributed by atoms with Gasteiger partial charge in [0.2, 0.25) is 0 Å². The number of methoxy groups -OCH3 is 1. The second-order valence-electron chi connectivity index (χ2n) is 9.95. The molecule has 0 amide bonds. The van der Waals surface area contributed by atoms with Crippen molar-refractivity contribution in [1.82, 2.24) is 4.90 Å². The normalized spacial score (nSPS) is 12.7. The second kappa shape index (κ2) is 27.1. The van der Waals surface area contributed by atoms with E-state index in [0.29, 0.717) is 0 Å². The molecule has 32 heavy (non-hydrogen) atoms. The first-order valence-electron chi connectivity index (χ1n) is 14.6. The van der Waals surface area contributed by atoms with Gasteiger partial charge < -0.3 is 14.4 Å². The van der Waals surface area contributed by atoms with Gasteiger partial charge in [-0.15, -0.1) is 0 Å². The number of nitrogens with zero attached hydrogens (tertiary/aromatic N) is 1. The van der Waals surface area contributed by atoms with E-state index in [1.165, 1.54) is 135 Å². The van der Waals surface area contributed by atoms with Crippen LogP contribution < -0.4 is 0 Å². The molecular weight excluding hydrogens is 394 g/mol. The van der Waals surface area contributed by atoms with Crippen LogP contribution in [0.2, 0.25) is 0 Å². The molecule has 0 heterocycles. The maximum atomic E-state index is 6.05. The summed E-state index contributed by atoms with van der Waals surface area (Å²) in [6.45, 7) is 13.7. The maximum Gasteiger partial charge on any atom is 0.0494 e. The molecule has 0 aliphatic heterocycles. The van der Waals surface area contributed by atoms with E-state index in [0.717, 1.165) is 25.7 Å². The van der Waals surface area contributed by atoms with Crippen molar-refractivity contribution in [3.63, 3.8) is 0 Å². The Kier molecular flexibility index (Phi) is 27.0. The Morgan fingerprint density at radius 3 is 1.72 bits per heavy atom. The van der Waals surface area contributed by atoms with Crippen molar-refractivity contribution in [2.45, 2.75) is 136 Å². The fourth-order valence-electron chi connectivity index (χ4n) is 4.66. The molecule has 0 aromatic heterocycles. The number of rotatable bonds is 27. The van der Waals surface area contributed by atoms with Gasteiger partial charge in [-0.25, -0.2) is 0 Å². The minimum Gasteiger partial charge on any atom is -0.385 e. The minimum absolute atomic E-state index is 0.798. The molecule has 0 saturated heterocycles. The lowest BCUT2D eigenvalue weighted by Crippen LogP contribution is -2.27. The van der Waals surface area contributed by atoms with Crippen LogP contribution in [0.1, 0.15) is 136 Å². The third kappa shape index (κ3) is 23.1. The van der Waals surface area contributed by atoms with Crippen LogP contribution in [0.4, 0.5) is 0 Å². The van der Waals surface area contributed by atoms with Gasteiger partial charge in [-0.05, 0) is 70.5 Å². The molecule has 3 nitrogen and oxygen atoms in total. The van der Waals surface area contributed by atoms with E-state index >= 15 is 0 Å². The third-order valence-electron chi connectivity index (χ3n) is 6.64. The van der Waals surface area contributed by atoms with Crippen LogP contribution in [0.25, 0.3) is 0 Å². The second-order valence-corrected chi connectivity index (χ2v) is 9.95. The summed E-state index contributed by atoms with van der Waals surface area (Å²) in [6.07, 6.45) is 24.2. The fourth-order valence-corrected chi connectivity index (χ4v) is 4.66. The molecule has 0 saturated carbocycles. The van der Waals surface area contributed by atoms with E-state index in [1.807, 2.05) is 0 Å². The van der Waals surface area contributed by atoms with Gasteiger partial charge in [-0.1, -0.05) is 91.4 Å². The lowest BCUT2D eigenvalue weighted by Gasteiger charge is -2.21. The van der Waals surface area contributed by atoms with Crippen molar-refractivity contribution < 1.29 is 9.47 Å². The molecule has 0 aliphatic carbocycles. The molecule has 0 fully saturated rings. The summed E-state index contributed by atoms with van der Waals surface area (Å²) in [5.41, 5.74) is 0. The Labute approximate surface area is 203 Å². The first-order valence-corrected chi connectivity index (χ1v) is 14.6. The Hall–Kier alpha value is -0.120. The van der Waals surface area contributed by atoms with Crippen molar-refractivity contribution in [3.8, 4) is 0 Å². The van der Waals surface area contributed by atoms with Crippen LogP contribution in [-0.4, -0.2) is 51.5 Å². The summed E-state index contributed by atoms with van der Waals surface area (Å²) >= 11 is 0. The zero-order valence-corrected chi connectivity index (χ0v) is 22.8. The van der Waals surface area contributed by atoms with Gasteiger partial charge in [-0.2, -0.15) is 0 Å². The zero-order valence-electron chi connectivity index (χ0n) is 22.8. The molecule has 0 radical (unpaired) electrons. The van der Waals surface area contributed by atoms with Gasteiger partial charge in [0.1, 0.15) is 0 Å². The molecule has 0 aliphatic rings. The minimum atomic E-state index is 0.798. The largest absolute Gasteiger partial charge is 0.385 e. The van der Waals surface area contributed by atoms with Crippen molar-refractivity contribution in [3.05, 3.63) is 0 Å². The van der Waals surface area contributed by atoms with Crippen molar-refractivity contribution >= 4 is 0 Å². The first kappa shape index (κ1) is 31.9. The molecule has 1 atom stereocenters. The van der Waals surface area contributed by atoms with Gasteiger partial charge in [-0.3, -0.25) is 0 Å². The number of unbranched alkanes of at least 4 members (excludes halogenated alkanes) is 11. The molecule has 0 aromatic rings. The highest BCUT2D eigenvalue weighted by atomic mass is 16.5. The average Bonchev–Trinajstić information content (AvgIpc) is 2.79. The summed E-state index contributed by atoms with van der Waals surface area (Å²) in [5, 5.41) is 0. The van der Waals surface area contributed by atoms with E-state index < -0.39 is 0 Å². The van der Waals surface area contributed by atoms with E-state index in [1.54, 1.807) is 7.11 Å². The molecule has 0 bridgehead atoms. The average molecular weight is 456 g/mol. The van der Waals surface area contributed by atoms with Crippen LogP contribution in [0.5, 0.6) is 0 Å². The molecular formula is C29H61NO2. The molecule has 0 spiro atoms. The molecule has 0 N–H and O–H groups in total. The topological polar surface area (TPSA) is 21.7 Å². The predicted octanol–water partition coefficient (Wildman–Crippen LogP) is 8.65. The standard InChI is InChI=1S/C29H61NO2/c1-5-8-9-16-22-29(21-6-2)28-32-27-20-15-11-13-18-25-30(23-7-3)24-17-12-10-14-19-26-31-4/h29H,5-28H2,1-4H3. The first-order chi connectivity index (χ1) is 15.8. The molecule has 1 unspecified atom stereocenters. The van der Waals surface area contributed by atoms with Crippen molar-refractivity contribution in [1.29, 1.82) is 0 Å². The summed E-state index contributed by atoms with van der Waals surface area (Å²) in [7, 11) is 1.80. The van der Waals surface area contributed by atoms with Crippen molar-refractivity contribution in [2.24, 2.45) is 5.92 Å². The van der Waals surface area contributed by atoms with Gasteiger partial charge in [0, 0.05) is 26.9 Å². The van der Waals surface area contributed by atoms with Gasteiger partial charge >= 0.3 is 0 Å². The fraction of sp³-hybridized carbons (Fsp3) is 1.00. The molecule has 0 rings (SSSR count). The van der Waals surface area contributed by atoms with Crippen LogP contribution in [0, 0.1) is 5.92 Å². The van der Waals surface area contributed by atoms with Gasteiger partial charge in [0.15, 0.2) is 0 Å².